The molecule has 0 radical (unpaired) electrons. The van der Waals surface area contributed by atoms with Crippen molar-refractivity contribution in [3.8, 4) is 12.0 Å². The monoisotopic (exact) mass is 240 g/mol. The Morgan fingerprint density at radius 2 is 1.76 bits per heavy atom. The van der Waals surface area contributed by atoms with Crippen LogP contribution in [0.3, 0.4) is 0 Å². The average molecular weight is 240 g/mol. The van der Waals surface area contributed by atoms with Gasteiger partial charge in [-0.1, -0.05) is 20.3 Å². The van der Waals surface area contributed by atoms with E-state index in [1.54, 1.807) is 0 Å². The van der Waals surface area contributed by atoms with Crippen molar-refractivity contribution >= 4 is 5.95 Å². The van der Waals surface area contributed by atoms with Gasteiger partial charge in [0.05, 0.1) is 13.2 Å². The van der Waals surface area contributed by atoms with Gasteiger partial charge in [0.2, 0.25) is 5.95 Å². The summed E-state index contributed by atoms with van der Waals surface area (Å²) in [5.74, 6) is 0.579. The van der Waals surface area contributed by atoms with E-state index in [1.807, 2.05) is 6.92 Å². The van der Waals surface area contributed by atoms with Crippen molar-refractivity contribution in [1.29, 1.82) is 0 Å². The average Bonchev–Trinajstić information content (AvgIpc) is 2.26. The molecule has 1 rings (SSSR count). The molecule has 17 heavy (non-hydrogen) atoms. The Morgan fingerprint density at radius 3 is 2.35 bits per heavy atom. The first-order valence-electron chi connectivity index (χ1n) is 5.92. The van der Waals surface area contributed by atoms with Gasteiger partial charge in [-0.25, -0.2) is 0 Å². The van der Waals surface area contributed by atoms with Crippen LogP contribution in [0.15, 0.2) is 0 Å². The number of nitrogens with zero attached hydrogens (tertiary/aromatic N) is 3. The SMILES string of the molecule is CCCC(C)COc1nc(N)nc(OCC)n1. The highest BCUT2D eigenvalue weighted by molar-refractivity contribution is 5.20. The number of nitrogens with two attached hydrogens (primary N) is 1. The van der Waals surface area contributed by atoms with Crippen LogP contribution in [-0.2, 0) is 0 Å². The molecule has 6 nitrogen and oxygen atoms in total. The summed E-state index contributed by atoms with van der Waals surface area (Å²) in [4.78, 5) is 11.8. The van der Waals surface area contributed by atoms with Crippen LogP contribution in [0, 0.1) is 5.92 Å². The molecule has 0 aliphatic rings. The third kappa shape index (κ3) is 4.84. The van der Waals surface area contributed by atoms with Crippen LogP contribution in [0.4, 0.5) is 5.95 Å². The van der Waals surface area contributed by atoms with Crippen molar-refractivity contribution in [2.45, 2.75) is 33.6 Å². The minimum atomic E-state index is 0.113. The maximum absolute atomic E-state index is 5.53. The van der Waals surface area contributed by atoms with Crippen LogP contribution >= 0.6 is 0 Å². The van der Waals surface area contributed by atoms with E-state index in [-0.39, 0.29) is 18.0 Å². The van der Waals surface area contributed by atoms with E-state index in [0.717, 1.165) is 12.8 Å². The minimum absolute atomic E-state index is 0.113. The number of hydrogen-bond donors (Lipinski definition) is 1. The van der Waals surface area contributed by atoms with E-state index in [4.69, 9.17) is 15.2 Å². The Kier molecular flexibility index (Phi) is 5.45. The molecule has 6 heteroatoms. The maximum Gasteiger partial charge on any atom is 0.324 e. The highest BCUT2D eigenvalue weighted by Crippen LogP contribution is 2.13. The summed E-state index contributed by atoms with van der Waals surface area (Å²) in [6, 6.07) is 0.432. The number of rotatable bonds is 7. The number of hydrogen-bond acceptors (Lipinski definition) is 6. The Bertz CT molecular complexity index is 346. The molecule has 0 fully saturated rings. The van der Waals surface area contributed by atoms with Gasteiger partial charge in [-0.2, -0.15) is 9.97 Å². The Morgan fingerprint density at radius 1 is 1.12 bits per heavy atom. The predicted molar refractivity (Wildman–Crippen MR) is 65.0 cm³/mol. The molecule has 0 aliphatic heterocycles. The lowest BCUT2D eigenvalue weighted by atomic mass is 10.1. The van der Waals surface area contributed by atoms with Crippen molar-refractivity contribution in [3.63, 3.8) is 0 Å². The number of anilines is 1. The first-order chi connectivity index (χ1) is 8.15. The van der Waals surface area contributed by atoms with E-state index in [0.29, 0.717) is 19.1 Å². The van der Waals surface area contributed by atoms with E-state index in [2.05, 4.69) is 28.8 Å². The number of aromatic nitrogens is 3. The molecule has 1 atom stereocenters. The zero-order valence-corrected chi connectivity index (χ0v) is 10.6. The first-order valence-corrected chi connectivity index (χ1v) is 5.92. The summed E-state index contributed by atoms with van der Waals surface area (Å²) in [5.41, 5.74) is 5.53. The molecule has 1 unspecified atom stereocenters. The summed E-state index contributed by atoms with van der Waals surface area (Å²) < 4.78 is 10.6. The van der Waals surface area contributed by atoms with E-state index in [9.17, 15) is 0 Å². The normalized spacial score (nSPS) is 12.2. The fourth-order valence-corrected chi connectivity index (χ4v) is 1.40. The van der Waals surface area contributed by atoms with E-state index in [1.165, 1.54) is 0 Å². The van der Waals surface area contributed by atoms with Gasteiger partial charge in [0.25, 0.3) is 0 Å². The lowest BCUT2D eigenvalue weighted by Gasteiger charge is -2.11. The fraction of sp³-hybridized carbons (Fsp3) is 0.727. The van der Waals surface area contributed by atoms with Crippen LogP contribution in [0.5, 0.6) is 12.0 Å². The smallest absolute Gasteiger partial charge is 0.324 e. The van der Waals surface area contributed by atoms with Crippen LogP contribution in [0.1, 0.15) is 33.6 Å². The molecule has 2 N–H and O–H groups in total. The fourth-order valence-electron chi connectivity index (χ4n) is 1.40. The summed E-state index contributed by atoms with van der Waals surface area (Å²) in [5, 5.41) is 0. The van der Waals surface area contributed by atoms with Crippen LogP contribution < -0.4 is 15.2 Å². The molecular weight excluding hydrogens is 220 g/mol. The Hall–Kier alpha value is -1.59. The quantitative estimate of drug-likeness (QED) is 0.780. The highest BCUT2D eigenvalue weighted by Gasteiger charge is 2.08. The number of ether oxygens (including phenoxy) is 2. The summed E-state index contributed by atoms with van der Waals surface area (Å²) in [6.45, 7) is 7.17. The summed E-state index contributed by atoms with van der Waals surface area (Å²) >= 11 is 0. The van der Waals surface area contributed by atoms with Crippen molar-refractivity contribution in [2.24, 2.45) is 5.92 Å². The minimum Gasteiger partial charge on any atom is -0.464 e. The lowest BCUT2D eigenvalue weighted by Crippen LogP contribution is -2.12. The molecular formula is C11H20N4O2. The molecule has 0 bridgehead atoms. The summed E-state index contributed by atoms with van der Waals surface area (Å²) in [6.07, 6.45) is 2.24. The first kappa shape index (κ1) is 13.5. The predicted octanol–water partition coefficient (Wildman–Crippen LogP) is 1.67. The molecule has 0 aromatic carbocycles. The van der Waals surface area contributed by atoms with Crippen LogP contribution in [0.2, 0.25) is 0 Å². The molecule has 0 saturated heterocycles. The van der Waals surface area contributed by atoms with Crippen LogP contribution in [-0.4, -0.2) is 28.2 Å². The molecule has 1 aromatic rings. The second-order valence-corrected chi connectivity index (χ2v) is 3.90. The molecule has 0 spiro atoms. The van der Waals surface area contributed by atoms with Gasteiger partial charge in [-0.05, 0) is 19.3 Å². The van der Waals surface area contributed by atoms with Gasteiger partial charge in [0.1, 0.15) is 0 Å². The molecule has 1 heterocycles. The standard InChI is InChI=1S/C11H20N4O2/c1-4-6-8(3)7-17-11-14-9(12)13-10(15-11)16-5-2/h8H,4-7H2,1-3H3,(H2,12,13,14,15). The van der Waals surface area contributed by atoms with Crippen molar-refractivity contribution in [3.05, 3.63) is 0 Å². The van der Waals surface area contributed by atoms with Crippen molar-refractivity contribution in [1.82, 2.24) is 15.0 Å². The second-order valence-electron chi connectivity index (χ2n) is 3.90. The largest absolute Gasteiger partial charge is 0.464 e. The molecule has 1 aromatic heterocycles. The van der Waals surface area contributed by atoms with Gasteiger partial charge in [-0.15, -0.1) is 4.98 Å². The zero-order valence-electron chi connectivity index (χ0n) is 10.6. The zero-order chi connectivity index (χ0) is 12.7. The third-order valence-corrected chi connectivity index (χ3v) is 2.16. The number of nitrogen functional groups attached to an aromatic ring is 1. The Balaban J connectivity index is 2.57. The molecule has 0 saturated carbocycles. The lowest BCUT2D eigenvalue weighted by molar-refractivity contribution is 0.226. The third-order valence-electron chi connectivity index (χ3n) is 2.16. The van der Waals surface area contributed by atoms with Crippen molar-refractivity contribution in [2.75, 3.05) is 18.9 Å². The van der Waals surface area contributed by atoms with E-state index < -0.39 is 0 Å². The van der Waals surface area contributed by atoms with Gasteiger partial charge < -0.3 is 15.2 Å². The molecule has 96 valence electrons. The van der Waals surface area contributed by atoms with Gasteiger partial charge >= 0.3 is 12.0 Å². The van der Waals surface area contributed by atoms with Gasteiger partial charge in [0.15, 0.2) is 0 Å². The van der Waals surface area contributed by atoms with Crippen molar-refractivity contribution < 1.29 is 9.47 Å². The maximum atomic E-state index is 5.53. The summed E-state index contributed by atoms with van der Waals surface area (Å²) in [7, 11) is 0. The van der Waals surface area contributed by atoms with Crippen LogP contribution in [0.25, 0.3) is 0 Å². The van der Waals surface area contributed by atoms with E-state index >= 15 is 0 Å². The topological polar surface area (TPSA) is 83.2 Å². The highest BCUT2D eigenvalue weighted by atomic mass is 16.5. The Labute approximate surface area is 102 Å². The second kappa shape index (κ2) is 6.88. The molecule has 0 amide bonds. The van der Waals surface area contributed by atoms with Gasteiger partial charge in [0, 0.05) is 0 Å². The van der Waals surface area contributed by atoms with Gasteiger partial charge in [-0.3, -0.25) is 0 Å². The molecule has 0 aliphatic carbocycles.